The van der Waals surface area contributed by atoms with Crippen molar-refractivity contribution in [3.63, 3.8) is 0 Å². The minimum absolute atomic E-state index is 0.123. The van der Waals surface area contributed by atoms with Crippen LogP contribution in [0.15, 0.2) is 30.3 Å². The van der Waals surface area contributed by atoms with E-state index < -0.39 is 23.3 Å². The summed E-state index contributed by atoms with van der Waals surface area (Å²) < 4.78 is 10.5. The molecule has 0 saturated carbocycles. The highest BCUT2D eigenvalue weighted by Gasteiger charge is 2.50. The molecule has 1 aromatic carbocycles. The molecular weight excluding hydrogens is 282 g/mol. The van der Waals surface area contributed by atoms with Crippen LogP contribution in [-0.2, 0) is 20.7 Å². The highest BCUT2D eigenvalue weighted by Crippen LogP contribution is 2.29. The van der Waals surface area contributed by atoms with Gasteiger partial charge in [-0.2, -0.15) is 0 Å². The monoisotopic (exact) mass is 305 g/mol. The van der Waals surface area contributed by atoms with Crippen molar-refractivity contribution >= 4 is 11.9 Å². The SMILES string of the molecule is CC(C)(C)OC(=O)NC(Cc1ccccc1)C(=O)[C@]1(C)CO1. The third-order valence-corrected chi connectivity index (χ3v) is 3.39. The zero-order valence-electron chi connectivity index (χ0n) is 13.5. The first kappa shape index (κ1) is 16.5. The quantitative estimate of drug-likeness (QED) is 0.849. The number of ketones is 1. The second-order valence-corrected chi connectivity index (χ2v) is 6.77. The van der Waals surface area contributed by atoms with Crippen LogP contribution in [0, 0.1) is 0 Å². The Morgan fingerprint density at radius 2 is 1.91 bits per heavy atom. The van der Waals surface area contributed by atoms with Crippen LogP contribution in [-0.4, -0.2) is 35.7 Å². The number of Topliss-reactive ketones (excluding diaryl/α,β-unsaturated/α-hetero) is 1. The van der Waals surface area contributed by atoms with E-state index in [1.807, 2.05) is 30.3 Å². The van der Waals surface area contributed by atoms with E-state index in [1.165, 1.54) is 0 Å². The smallest absolute Gasteiger partial charge is 0.408 e. The highest BCUT2D eigenvalue weighted by molar-refractivity contribution is 5.96. The van der Waals surface area contributed by atoms with E-state index in [2.05, 4.69) is 5.32 Å². The molecule has 1 amide bonds. The molecule has 0 bridgehead atoms. The van der Waals surface area contributed by atoms with Crippen LogP contribution in [0.5, 0.6) is 0 Å². The number of alkyl carbamates (subject to hydrolysis) is 1. The van der Waals surface area contributed by atoms with Gasteiger partial charge in [-0.15, -0.1) is 0 Å². The van der Waals surface area contributed by atoms with Crippen LogP contribution >= 0.6 is 0 Å². The summed E-state index contributed by atoms with van der Waals surface area (Å²) in [6.45, 7) is 7.49. The Bertz CT molecular complexity index is 544. The maximum Gasteiger partial charge on any atom is 0.408 e. The number of epoxide rings is 1. The Morgan fingerprint density at radius 1 is 1.32 bits per heavy atom. The highest BCUT2D eigenvalue weighted by atomic mass is 16.6. The molecule has 0 aromatic heterocycles. The maximum absolute atomic E-state index is 12.5. The summed E-state index contributed by atoms with van der Waals surface area (Å²) in [6.07, 6.45) is -0.177. The Kier molecular flexibility index (Phi) is 4.56. The lowest BCUT2D eigenvalue weighted by Gasteiger charge is -2.24. The molecule has 22 heavy (non-hydrogen) atoms. The van der Waals surface area contributed by atoms with E-state index in [0.717, 1.165) is 5.56 Å². The Balaban J connectivity index is 2.08. The number of amides is 1. The minimum Gasteiger partial charge on any atom is -0.444 e. The number of nitrogens with one attached hydrogen (secondary N) is 1. The standard InChI is InChI=1S/C17H23NO4/c1-16(2,3)22-15(20)18-13(14(19)17(4)11-21-17)10-12-8-6-5-7-9-12/h5-9,13H,10-11H2,1-4H3,(H,18,20)/t13?,17-/m0/s1. The van der Waals surface area contributed by atoms with Crippen molar-refractivity contribution in [3.8, 4) is 0 Å². The molecule has 1 N–H and O–H groups in total. The number of carbonyl (C=O) groups is 2. The third-order valence-electron chi connectivity index (χ3n) is 3.39. The largest absolute Gasteiger partial charge is 0.444 e. The number of rotatable bonds is 5. The van der Waals surface area contributed by atoms with E-state index in [1.54, 1.807) is 27.7 Å². The normalized spacial score (nSPS) is 21.8. The van der Waals surface area contributed by atoms with Gasteiger partial charge in [-0.25, -0.2) is 4.79 Å². The summed E-state index contributed by atoms with van der Waals surface area (Å²) in [7, 11) is 0. The number of carbonyl (C=O) groups excluding carboxylic acids is 2. The lowest BCUT2D eigenvalue weighted by Crippen LogP contribution is -2.48. The molecule has 1 aromatic rings. The zero-order valence-corrected chi connectivity index (χ0v) is 13.5. The molecule has 1 heterocycles. The van der Waals surface area contributed by atoms with Gasteiger partial charge in [0.2, 0.25) is 0 Å². The van der Waals surface area contributed by atoms with Gasteiger partial charge in [0.05, 0.1) is 12.6 Å². The molecule has 0 aliphatic carbocycles. The summed E-state index contributed by atoms with van der Waals surface area (Å²) in [5, 5.41) is 2.68. The number of hydrogen-bond acceptors (Lipinski definition) is 4. The first-order chi connectivity index (χ1) is 10.2. The third kappa shape index (κ3) is 4.56. The lowest BCUT2D eigenvalue weighted by atomic mass is 9.95. The predicted octanol–water partition coefficient (Wildman–Crippen LogP) is 2.48. The zero-order chi connectivity index (χ0) is 16.4. The molecule has 1 aliphatic rings. The molecule has 120 valence electrons. The molecule has 2 rings (SSSR count). The summed E-state index contributed by atoms with van der Waals surface area (Å²) in [4.78, 5) is 24.5. The fraction of sp³-hybridized carbons (Fsp3) is 0.529. The van der Waals surface area contributed by atoms with E-state index in [4.69, 9.17) is 9.47 Å². The van der Waals surface area contributed by atoms with Gasteiger partial charge in [0.1, 0.15) is 11.2 Å². The van der Waals surface area contributed by atoms with Crippen molar-refractivity contribution in [1.29, 1.82) is 0 Å². The van der Waals surface area contributed by atoms with Gasteiger partial charge in [-0.05, 0) is 39.7 Å². The Hall–Kier alpha value is -1.88. The van der Waals surface area contributed by atoms with Gasteiger partial charge < -0.3 is 14.8 Å². The molecule has 1 aliphatic heterocycles. The fourth-order valence-electron chi connectivity index (χ4n) is 2.13. The second-order valence-electron chi connectivity index (χ2n) is 6.77. The number of benzene rings is 1. The molecule has 1 fully saturated rings. The molecule has 1 saturated heterocycles. The van der Waals surface area contributed by atoms with Crippen molar-refractivity contribution in [1.82, 2.24) is 5.32 Å². The van der Waals surface area contributed by atoms with E-state index >= 15 is 0 Å². The minimum atomic E-state index is -0.783. The first-order valence-corrected chi connectivity index (χ1v) is 7.41. The van der Waals surface area contributed by atoms with Gasteiger partial charge in [0.15, 0.2) is 5.78 Å². The van der Waals surface area contributed by atoms with Gasteiger partial charge in [-0.1, -0.05) is 30.3 Å². The van der Waals surface area contributed by atoms with Crippen molar-refractivity contribution in [3.05, 3.63) is 35.9 Å². The van der Waals surface area contributed by atoms with Crippen LogP contribution in [0.2, 0.25) is 0 Å². The molecular formula is C17H23NO4. The summed E-state index contributed by atoms with van der Waals surface area (Å²) in [6, 6.07) is 8.90. The van der Waals surface area contributed by atoms with Gasteiger partial charge in [0, 0.05) is 0 Å². The lowest BCUT2D eigenvalue weighted by molar-refractivity contribution is -0.125. The Morgan fingerprint density at radius 3 is 2.41 bits per heavy atom. The molecule has 1 unspecified atom stereocenters. The summed E-state index contributed by atoms with van der Waals surface area (Å²) >= 11 is 0. The van der Waals surface area contributed by atoms with Crippen LogP contribution < -0.4 is 5.32 Å². The van der Waals surface area contributed by atoms with Crippen LogP contribution in [0.4, 0.5) is 4.79 Å². The van der Waals surface area contributed by atoms with E-state index in [-0.39, 0.29) is 5.78 Å². The fourth-order valence-corrected chi connectivity index (χ4v) is 2.13. The topological polar surface area (TPSA) is 67.9 Å². The van der Waals surface area contributed by atoms with Crippen molar-refractivity contribution in [2.45, 2.75) is 51.4 Å². The molecule has 0 radical (unpaired) electrons. The average molecular weight is 305 g/mol. The van der Waals surface area contributed by atoms with Crippen molar-refractivity contribution < 1.29 is 19.1 Å². The first-order valence-electron chi connectivity index (χ1n) is 7.41. The Labute approximate surface area is 131 Å². The molecule has 0 spiro atoms. The van der Waals surface area contributed by atoms with E-state index in [9.17, 15) is 9.59 Å². The van der Waals surface area contributed by atoms with Gasteiger partial charge in [-0.3, -0.25) is 4.79 Å². The van der Waals surface area contributed by atoms with Gasteiger partial charge >= 0.3 is 6.09 Å². The number of ether oxygens (including phenoxy) is 2. The molecule has 2 atom stereocenters. The van der Waals surface area contributed by atoms with Crippen LogP contribution in [0.1, 0.15) is 33.3 Å². The number of hydrogen-bond donors (Lipinski definition) is 1. The van der Waals surface area contributed by atoms with Gasteiger partial charge in [0.25, 0.3) is 0 Å². The van der Waals surface area contributed by atoms with Crippen molar-refractivity contribution in [2.75, 3.05) is 6.61 Å². The average Bonchev–Trinajstić information content (AvgIpc) is 3.15. The predicted molar refractivity (Wildman–Crippen MR) is 82.7 cm³/mol. The van der Waals surface area contributed by atoms with Crippen LogP contribution in [0.3, 0.4) is 0 Å². The summed E-state index contributed by atoms with van der Waals surface area (Å²) in [5.74, 6) is -0.123. The second kappa shape index (κ2) is 6.08. The summed E-state index contributed by atoms with van der Waals surface area (Å²) in [5.41, 5.74) is -0.417. The molecule has 5 nitrogen and oxygen atoms in total. The van der Waals surface area contributed by atoms with E-state index in [0.29, 0.717) is 13.0 Å². The molecule has 5 heteroatoms. The van der Waals surface area contributed by atoms with Crippen LogP contribution in [0.25, 0.3) is 0 Å². The van der Waals surface area contributed by atoms with Crippen molar-refractivity contribution in [2.24, 2.45) is 0 Å². The maximum atomic E-state index is 12.5.